The summed E-state index contributed by atoms with van der Waals surface area (Å²) in [5.41, 5.74) is 2.21. The van der Waals surface area contributed by atoms with E-state index in [0.717, 1.165) is 9.87 Å². The number of aromatic nitrogens is 1. The fourth-order valence-electron chi connectivity index (χ4n) is 3.12. The average Bonchev–Trinajstić information content (AvgIpc) is 3.11. The van der Waals surface area contributed by atoms with Crippen molar-refractivity contribution in [2.75, 3.05) is 23.3 Å². The maximum atomic E-state index is 13.5. The Balaban J connectivity index is 1.90. The van der Waals surface area contributed by atoms with Gasteiger partial charge in [-0.1, -0.05) is 22.9 Å². The number of benzene rings is 2. The molecule has 0 aliphatic rings. The predicted molar refractivity (Wildman–Crippen MR) is 118 cm³/mol. The maximum absolute atomic E-state index is 13.5. The van der Waals surface area contributed by atoms with Gasteiger partial charge in [-0.05, 0) is 57.2 Å². The van der Waals surface area contributed by atoms with Gasteiger partial charge >= 0.3 is 5.97 Å². The van der Waals surface area contributed by atoms with E-state index in [1.54, 1.807) is 24.3 Å². The summed E-state index contributed by atoms with van der Waals surface area (Å²) < 4.78 is 37.6. The van der Waals surface area contributed by atoms with Crippen LogP contribution in [0.5, 0.6) is 0 Å². The Kier molecular flexibility index (Phi) is 6.64. The van der Waals surface area contributed by atoms with Gasteiger partial charge in [0, 0.05) is 5.69 Å². The summed E-state index contributed by atoms with van der Waals surface area (Å²) in [5.74, 6) is -0.927. The van der Waals surface area contributed by atoms with Gasteiger partial charge < -0.3 is 14.6 Å². The number of aryl methyl sites for hydroxylation is 3. The molecule has 0 spiro atoms. The zero-order valence-corrected chi connectivity index (χ0v) is 18.9. The molecule has 1 amide bonds. The Bertz CT molecular complexity index is 1210. The lowest BCUT2D eigenvalue weighted by Gasteiger charge is -2.24. The molecule has 0 aliphatic heterocycles. The molecule has 2 aromatic carbocycles. The van der Waals surface area contributed by atoms with Crippen LogP contribution in [0.4, 0.5) is 11.4 Å². The Labute approximate surface area is 186 Å². The molecule has 0 bridgehead atoms. The van der Waals surface area contributed by atoms with E-state index in [0.29, 0.717) is 16.9 Å². The first-order valence-corrected chi connectivity index (χ1v) is 11.1. The molecule has 10 heteroatoms. The van der Waals surface area contributed by atoms with Crippen LogP contribution in [0.1, 0.15) is 27.4 Å². The van der Waals surface area contributed by atoms with E-state index >= 15 is 0 Å². The number of amides is 1. The lowest BCUT2D eigenvalue weighted by molar-refractivity contribution is -0.114. The molecule has 32 heavy (non-hydrogen) atoms. The van der Waals surface area contributed by atoms with Gasteiger partial charge in [-0.25, -0.2) is 13.2 Å². The molecule has 0 atom stereocenters. The maximum Gasteiger partial charge on any atom is 0.337 e. The number of sulfonamides is 1. The lowest BCUT2D eigenvalue weighted by atomic mass is 10.2. The summed E-state index contributed by atoms with van der Waals surface area (Å²) >= 11 is 0. The minimum absolute atomic E-state index is 0.0756. The first-order valence-electron chi connectivity index (χ1n) is 9.64. The number of carbonyl (C=O) groups excluding carboxylic acids is 2. The summed E-state index contributed by atoms with van der Waals surface area (Å²) in [6, 6.07) is 12.8. The van der Waals surface area contributed by atoms with Gasteiger partial charge in [0.1, 0.15) is 12.2 Å². The zero-order chi connectivity index (χ0) is 23.5. The van der Waals surface area contributed by atoms with Gasteiger partial charge in [0.05, 0.1) is 18.4 Å². The van der Waals surface area contributed by atoms with Gasteiger partial charge in [0.15, 0.2) is 10.7 Å². The highest BCUT2D eigenvalue weighted by atomic mass is 32.2. The molecular weight excluding hydrogens is 434 g/mol. The summed E-state index contributed by atoms with van der Waals surface area (Å²) in [7, 11) is -2.86. The number of carbonyl (C=O) groups is 2. The second kappa shape index (κ2) is 9.23. The highest BCUT2D eigenvalue weighted by Crippen LogP contribution is 2.28. The topological polar surface area (TPSA) is 119 Å². The Morgan fingerprint density at radius 2 is 1.66 bits per heavy atom. The molecule has 1 heterocycles. The number of rotatable bonds is 7. The number of hydrogen-bond acceptors (Lipinski definition) is 7. The number of ether oxygens (including phenoxy) is 1. The van der Waals surface area contributed by atoms with E-state index < -0.39 is 28.4 Å². The van der Waals surface area contributed by atoms with E-state index in [2.05, 4.69) is 15.2 Å². The van der Waals surface area contributed by atoms with E-state index in [9.17, 15) is 18.0 Å². The van der Waals surface area contributed by atoms with Crippen molar-refractivity contribution in [3.8, 4) is 0 Å². The third-order valence-electron chi connectivity index (χ3n) is 4.71. The quantitative estimate of drug-likeness (QED) is 0.541. The second-order valence-corrected chi connectivity index (χ2v) is 8.92. The van der Waals surface area contributed by atoms with Crippen molar-refractivity contribution < 1.29 is 27.3 Å². The Morgan fingerprint density at radius 3 is 2.19 bits per heavy atom. The Hall–Kier alpha value is -3.66. The van der Waals surface area contributed by atoms with Crippen LogP contribution in [0.25, 0.3) is 0 Å². The smallest absolute Gasteiger partial charge is 0.337 e. The molecule has 0 unspecified atom stereocenters. The molecule has 3 rings (SSSR count). The first-order chi connectivity index (χ1) is 15.1. The Morgan fingerprint density at radius 1 is 1.03 bits per heavy atom. The molecule has 9 nitrogen and oxygen atoms in total. The normalized spacial score (nSPS) is 11.1. The first kappa shape index (κ1) is 23.0. The molecule has 3 aromatic rings. The zero-order valence-electron chi connectivity index (χ0n) is 18.1. The lowest BCUT2D eigenvalue weighted by Crippen LogP contribution is -2.38. The van der Waals surface area contributed by atoms with Gasteiger partial charge in [0.2, 0.25) is 5.91 Å². The van der Waals surface area contributed by atoms with Crippen molar-refractivity contribution in [2.45, 2.75) is 25.7 Å². The van der Waals surface area contributed by atoms with Crippen molar-refractivity contribution in [1.29, 1.82) is 0 Å². The number of nitrogens with zero attached hydrogens (tertiary/aromatic N) is 2. The molecule has 0 radical (unpaired) electrons. The summed E-state index contributed by atoms with van der Waals surface area (Å²) in [5, 5.41) is 6.38. The van der Waals surface area contributed by atoms with Gasteiger partial charge in [-0.2, -0.15) is 0 Å². The van der Waals surface area contributed by atoms with Crippen molar-refractivity contribution >= 4 is 33.3 Å². The molecule has 168 valence electrons. The fourth-order valence-corrected chi connectivity index (χ4v) is 4.84. The molecule has 1 N–H and O–H groups in total. The van der Waals surface area contributed by atoms with Crippen LogP contribution in [0.3, 0.4) is 0 Å². The van der Waals surface area contributed by atoms with E-state index in [1.807, 2.05) is 6.92 Å². The third-order valence-corrected chi connectivity index (χ3v) is 6.73. The fraction of sp³-hybridized carbons (Fsp3) is 0.227. The molecular formula is C22H23N3O6S. The third kappa shape index (κ3) is 4.80. The average molecular weight is 458 g/mol. The van der Waals surface area contributed by atoms with Gasteiger partial charge in [0.25, 0.3) is 10.0 Å². The summed E-state index contributed by atoms with van der Waals surface area (Å²) in [6.07, 6.45) is 0. The van der Waals surface area contributed by atoms with Crippen LogP contribution < -0.4 is 9.62 Å². The monoisotopic (exact) mass is 457 g/mol. The van der Waals surface area contributed by atoms with Crippen molar-refractivity contribution in [3.05, 3.63) is 71.1 Å². The standard InChI is InChI=1S/C22H23N3O6S/c1-14-5-11-19(12-6-14)25(32(28,29)21-15(2)24-31-16(21)3)13-20(26)23-18-9-7-17(8-10-18)22(27)30-4/h5-12H,13H2,1-4H3,(H,23,26). The second-order valence-electron chi connectivity index (χ2n) is 7.12. The highest BCUT2D eigenvalue weighted by molar-refractivity contribution is 7.93. The largest absolute Gasteiger partial charge is 0.465 e. The van der Waals surface area contributed by atoms with Crippen LogP contribution in [0, 0.1) is 20.8 Å². The van der Waals surface area contributed by atoms with Gasteiger partial charge in [-0.3, -0.25) is 9.10 Å². The van der Waals surface area contributed by atoms with Crippen LogP contribution in [-0.4, -0.2) is 39.1 Å². The number of esters is 1. The van der Waals surface area contributed by atoms with Crippen molar-refractivity contribution in [3.63, 3.8) is 0 Å². The van der Waals surface area contributed by atoms with Crippen LogP contribution in [0.15, 0.2) is 57.9 Å². The predicted octanol–water partition coefficient (Wildman–Crippen LogP) is 3.22. The van der Waals surface area contributed by atoms with Crippen molar-refractivity contribution in [2.24, 2.45) is 0 Å². The molecule has 0 fully saturated rings. The van der Waals surface area contributed by atoms with Crippen LogP contribution in [0.2, 0.25) is 0 Å². The molecule has 1 aromatic heterocycles. The van der Waals surface area contributed by atoms with Gasteiger partial charge in [-0.15, -0.1) is 0 Å². The number of methoxy groups -OCH3 is 1. The van der Waals surface area contributed by atoms with Crippen LogP contribution >= 0.6 is 0 Å². The summed E-state index contributed by atoms with van der Waals surface area (Å²) in [4.78, 5) is 24.3. The molecule has 0 aliphatic carbocycles. The molecule has 0 saturated carbocycles. The summed E-state index contributed by atoms with van der Waals surface area (Å²) in [6.45, 7) is 4.43. The highest BCUT2D eigenvalue weighted by Gasteiger charge is 2.32. The van der Waals surface area contributed by atoms with E-state index in [-0.39, 0.29) is 16.3 Å². The van der Waals surface area contributed by atoms with E-state index in [4.69, 9.17) is 4.52 Å². The number of anilines is 2. The number of nitrogens with one attached hydrogen (secondary N) is 1. The van der Waals surface area contributed by atoms with E-state index in [1.165, 1.54) is 45.2 Å². The molecule has 0 saturated heterocycles. The SMILES string of the molecule is COC(=O)c1ccc(NC(=O)CN(c2ccc(C)cc2)S(=O)(=O)c2c(C)noc2C)cc1. The minimum Gasteiger partial charge on any atom is -0.465 e. The van der Waals surface area contributed by atoms with Crippen LogP contribution in [-0.2, 0) is 19.6 Å². The number of hydrogen-bond donors (Lipinski definition) is 1. The minimum atomic E-state index is -4.14. The van der Waals surface area contributed by atoms with Crippen molar-refractivity contribution in [1.82, 2.24) is 5.16 Å².